The number of fused-ring (bicyclic) bond motifs is 1. The molecule has 8 nitrogen and oxygen atoms in total. The molecule has 0 aliphatic carbocycles. The van der Waals surface area contributed by atoms with Gasteiger partial charge in [0.15, 0.2) is 5.82 Å². The number of aromatic amines is 1. The molecule has 32 heavy (non-hydrogen) atoms. The zero-order chi connectivity index (χ0) is 22.7. The van der Waals surface area contributed by atoms with Crippen LogP contribution in [0.5, 0.6) is 5.75 Å². The molecule has 0 fully saturated rings. The molecule has 2 aromatic heterocycles. The highest BCUT2D eigenvalue weighted by molar-refractivity contribution is 5.76. The normalized spacial score (nSPS) is 13.0. The number of rotatable bonds is 6. The van der Waals surface area contributed by atoms with Gasteiger partial charge < -0.3 is 14.6 Å². The molecule has 0 atom stereocenters. The lowest BCUT2D eigenvalue weighted by molar-refractivity contribution is -0.132. The van der Waals surface area contributed by atoms with E-state index in [4.69, 9.17) is 4.74 Å². The van der Waals surface area contributed by atoms with E-state index in [1.807, 2.05) is 13.0 Å². The van der Waals surface area contributed by atoms with Crippen LogP contribution in [-0.4, -0.2) is 44.4 Å². The average molecular weight is 434 g/mol. The number of carbonyl (C=O) groups is 1. The van der Waals surface area contributed by atoms with Crippen molar-refractivity contribution in [2.75, 3.05) is 13.7 Å². The van der Waals surface area contributed by atoms with E-state index in [1.54, 1.807) is 30.6 Å². The summed E-state index contributed by atoms with van der Waals surface area (Å²) in [6.07, 6.45) is 7.28. The van der Waals surface area contributed by atoms with Gasteiger partial charge in [0.1, 0.15) is 11.4 Å². The van der Waals surface area contributed by atoms with Gasteiger partial charge in [0.2, 0.25) is 5.91 Å². The van der Waals surface area contributed by atoms with Gasteiger partial charge in [0, 0.05) is 31.8 Å². The summed E-state index contributed by atoms with van der Waals surface area (Å²) in [7, 11) is 1.67. The van der Waals surface area contributed by atoms with Gasteiger partial charge in [-0.1, -0.05) is 6.07 Å². The maximum absolute atomic E-state index is 12.8. The molecule has 0 unspecified atom stereocenters. The fourth-order valence-corrected chi connectivity index (χ4v) is 4.11. The molecule has 166 valence electrons. The lowest BCUT2D eigenvalue weighted by Gasteiger charge is -2.28. The van der Waals surface area contributed by atoms with E-state index < -0.39 is 0 Å². The summed E-state index contributed by atoms with van der Waals surface area (Å²) >= 11 is 0. The Kier molecular flexibility index (Phi) is 6.30. The van der Waals surface area contributed by atoms with Gasteiger partial charge in [-0.3, -0.25) is 14.6 Å². The largest absolute Gasteiger partial charge is 0.496 e. The van der Waals surface area contributed by atoms with Crippen LogP contribution >= 0.6 is 0 Å². The molecular formula is C24H27N5O3. The van der Waals surface area contributed by atoms with Crippen molar-refractivity contribution >= 4 is 5.91 Å². The van der Waals surface area contributed by atoms with Gasteiger partial charge in [0.05, 0.1) is 31.1 Å². The predicted molar refractivity (Wildman–Crippen MR) is 120 cm³/mol. The standard InChI is InChI=1S/C24H27N5O3/c1-15-12-21(32-3)16(2)11-17(15)5-4-6-22(30)29-10-7-19-18(14-29)24(31)28-23(27-19)20-13-25-8-9-26-20/h8-9,11-13H,4-7,10,14H2,1-3H3,(H,27,28,31). The van der Waals surface area contributed by atoms with Crippen LogP contribution in [0.15, 0.2) is 35.5 Å². The van der Waals surface area contributed by atoms with Gasteiger partial charge in [-0.05, 0) is 49.4 Å². The molecule has 1 amide bonds. The highest BCUT2D eigenvalue weighted by atomic mass is 16.5. The van der Waals surface area contributed by atoms with Crippen LogP contribution in [0.1, 0.15) is 40.8 Å². The van der Waals surface area contributed by atoms with Crippen LogP contribution in [-0.2, 0) is 24.2 Å². The van der Waals surface area contributed by atoms with Crippen LogP contribution in [0.25, 0.3) is 11.5 Å². The molecule has 0 saturated carbocycles. The Morgan fingerprint density at radius 2 is 2.06 bits per heavy atom. The summed E-state index contributed by atoms with van der Waals surface area (Å²) < 4.78 is 5.37. The summed E-state index contributed by atoms with van der Waals surface area (Å²) in [5.74, 6) is 1.36. The Morgan fingerprint density at radius 3 is 2.81 bits per heavy atom. The number of methoxy groups -OCH3 is 1. The third-order valence-corrected chi connectivity index (χ3v) is 5.92. The lowest BCUT2D eigenvalue weighted by atomic mass is 9.99. The van der Waals surface area contributed by atoms with Crippen molar-refractivity contribution in [3.63, 3.8) is 0 Å². The molecule has 3 heterocycles. The van der Waals surface area contributed by atoms with Gasteiger partial charge in [-0.25, -0.2) is 9.97 Å². The Balaban J connectivity index is 1.39. The molecular weight excluding hydrogens is 406 g/mol. The minimum absolute atomic E-state index is 0.0657. The van der Waals surface area contributed by atoms with E-state index in [0.29, 0.717) is 36.5 Å². The second kappa shape index (κ2) is 9.30. The molecule has 1 aliphatic rings. The number of hydrogen-bond donors (Lipinski definition) is 1. The minimum Gasteiger partial charge on any atom is -0.496 e. The maximum Gasteiger partial charge on any atom is 0.256 e. The first-order valence-electron chi connectivity index (χ1n) is 10.8. The zero-order valence-electron chi connectivity index (χ0n) is 18.6. The molecule has 0 bridgehead atoms. The lowest BCUT2D eigenvalue weighted by Crippen LogP contribution is -2.39. The van der Waals surface area contributed by atoms with E-state index in [0.717, 1.165) is 29.8 Å². The Hall–Kier alpha value is -3.55. The Morgan fingerprint density at radius 1 is 1.22 bits per heavy atom. The van der Waals surface area contributed by atoms with E-state index in [2.05, 4.69) is 32.9 Å². The average Bonchev–Trinajstić information content (AvgIpc) is 2.81. The quantitative estimate of drug-likeness (QED) is 0.642. The number of H-pyrrole nitrogens is 1. The summed E-state index contributed by atoms with van der Waals surface area (Å²) in [6, 6.07) is 4.18. The maximum atomic E-state index is 12.8. The first-order chi connectivity index (χ1) is 15.5. The third kappa shape index (κ3) is 4.54. The summed E-state index contributed by atoms with van der Waals surface area (Å²) in [6.45, 7) is 4.94. The van der Waals surface area contributed by atoms with Crippen LogP contribution < -0.4 is 10.3 Å². The van der Waals surface area contributed by atoms with Crippen molar-refractivity contribution in [3.8, 4) is 17.3 Å². The summed E-state index contributed by atoms with van der Waals surface area (Å²) in [5, 5.41) is 0. The molecule has 1 aliphatic heterocycles. The first-order valence-corrected chi connectivity index (χ1v) is 10.8. The number of ether oxygens (including phenoxy) is 1. The van der Waals surface area contributed by atoms with Crippen molar-refractivity contribution in [1.29, 1.82) is 0 Å². The smallest absolute Gasteiger partial charge is 0.256 e. The molecule has 4 rings (SSSR count). The van der Waals surface area contributed by atoms with Crippen molar-refractivity contribution in [3.05, 3.63) is 69.0 Å². The number of carbonyl (C=O) groups excluding carboxylic acids is 1. The highest BCUT2D eigenvalue weighted by Gasteiger charge is 2.24. The zero-order valence-corrected chi connectivity index (χ0v) is 18.6. The van der Waals surface area contributed by atoms with E-state index in [9.17, 15) is 9.59 Å². The Bertz CT molecular complexity index is 1190. The number of aryl methyl sites for hydroxylation is 3. The van der Waals surface area contributed by atoms with E-state index >= 15 is 0 Å². The number of amides is 1. The third-order valence-electron chi connectivity index (χ3n) is 5.92. The van der Waals surface area contributed by atoms with Crippen LogP contribution in [0.2, 0.25) is 0 Å². The van der Waals surface area contributed by atoms with Gasteiger partial charge in [0.25, 0.3) is 5.56 Å². The summed E-state index contributed by atoms with van der Waals surface area (Å²) in [4.78, 5) is 42.8. The first kappa shape index (κ1) is 21.7. The SMILES string of the molecule is COc1cc(C)c(CCCC(=O)N2CCc3nc(-c4cnccn4)[nH]c(=O)c3C2)cc1C. The second-order valence-corrected chi connectivity index (χ2v) is 8.10. The summed E-state index contributed by atoms with van der Waals surface area (Å²) in [5.41, 5.74) is 5.08. The molecule has 1 N–H and O–H groups in total. The molecule has 3 aromatic rings. The number of aromatic nitrogens is 4. The van der Waals surface area contributed by atoms with Crippen LogP contribution in [0.3, 0.4) is 0 Å². The van der Waals surface area contributed by atoms with E-state index in [1.165, 1.54) is 11.1 Å². The van der Waals surface area contributed by atoms with Gasteiger partial charge in [-0.2, -0.15) is 0 Å². The predicted octanol–water partition coefficient (Wildman–Crippen LogP) is 2.76. The van der Waals surface area contributed by atoms with Crippen molar-refractivity contribution in [2.45, 2.75) is 46.1 Å². The van der Waals surface area contributed by atoms with Crippen LogP contribution in [0.4, 0.5) is 0 Å². The fraction of sp³-hybridized carbons (Fsp3) is 0.375. The van der Waals surface area contributed by atoms with Crippen LogP contribution in [0, 0.1) is 13.8 Å². The number of nitrogens with zero attached hydrogens (tertiary/aromatic N) is 4. The highest BCUT2D eigenvalue weighted by Crippen LogP contribution is 2.24. The van der Waals surface area contributed by atoms with Gasteiger partial charge in [-0.15, -0.1) is 0 Å². The van der Waals surface area contributed by atoms with E-state index in [-0.39, 0.29) is 18.0 Å². The second-order valence-electron chi connectivity index (χ2n) is 8.10. The number of hydrogen-bond acceptors (Lipinski definition) is 6. The van der Waals surface area contributed by atoms with Gasteiger partial charge >= 0.3 is 0 Å². The fourth-order valence-electron chi connectivity index (χ4n) is 4.11. The van der Waals surface area contributed by atoms with Crippen molar-refractivity contribution < 1.29 is 9.53 Å². The van der Waals surface area contributed by atoms with Crippen molar-refractivity contribution in [2.24, 2.45) is 0 Å². The molecule has 1 aromatic carbocycles. The number of benzene rings is 1. The monoisotopic (exact) mass is 433 g/mol. The minimum atomic E-state index is -0.225. The van der Waals surface area contributed by atoms with Crippen molar-refractivity contribution in [1.82, 2.24) is 24.8 Å². The molecule has 0 spiro atoms. The Labute approximate surface area is 186 Å². The number of nitrogens with one attached hydrogen (secondary N) is 1. The molecule has 0 saturated heterocycles. The molecule has 0 radical (unpaired) electrons. The molecule has 8 heteroatoms. The topological polar surface area (TPSA) is 101 Å².